The van der Waals surface area contributed by atoms with Gasteiger partial charge in [-0.2, -0.15) is 0 Å². The number of nitrogens with one attached hydrogen (secondary N) is 2. The molecule has 2 saturated heterocycles. The smallest absolute Gasteiger partial charge is 0.355 e. The largest absolute Gasteiger partial charge is 0.493 e. The number of aromatic carboxylic acids is 1. The summed E-state index contributed by atoms with van der Waals surface area (Å²) >= 11 is 1.42. The van der Waals surface area contributed by atoms with E-state index in [2.05, 4.69) is 20.6 Å². The van der Waals surface area contributed by atoms with Gasteiger partial charge in [-0.25, -0.2) is 19.2 Å². The van der Waals surface area contributed by atoms with Crippen molar-refractivity contribution in [1.82, 2.24) is 25.1 Å². The number of carbonyl (C=O) groups is 7. The lowest BCUT2D eigenvalue weighted by Crippen LogP contribution is -2.54. The number of anilines is 3. The van der Waals surface area contributed by atoms with Crippen molar-refractivity contribution in [3.05, 3.63) is 130 Å². The molecule has 3 N–H and O–H groups in total. The number of benzene rings is 4. The van der Waals surface area contributed by atoms with Crippen molar-refractivity contribution >= 4 is 79.6 Å². The fourth-order valence-electron chi connectivity index (χ4n) is 10.5. The van der Waals surface area contributed by atoms with Crippen molar-refractivity contribution in [1.29, 1.82) is 0 Å². The molecule has 6 heterocycles. The van der Waals surface area contributed by atoms with Crippen LogP contribution in [0.2, 0.25) is 0 Å². The second-order valence-corrected chi connectivity index (χ2v) is 20.3. The molecule has 0 aliphatic carbocycles. The Morgan fingerprint density at radius 3 is 2.31 bits per heavy atom. The molecule has 10 rings (SSSR count). The van der Waals surface area contributed by atoms with Gasteiger partial charge in [0.1, 0.15) is 23.4 Å². The van der Waals surface area contributed by atoms with Crippen molar-refractivity contribution in [2.24, 2.45) is 0 Å². The number of imide groups is 2. The third kappa shape index (κ3) is 10.5. The Labute approximate surface area is 435 Å². The monoisotopic (exact) mass is 1030 g/mol. The summed E-state index contributed by atoms with van der Waals surface area (Å²) in [5.41, 5.74) is 5.24. The summed E-state index contributed by atoms with van der Waals surface area (Å²) in [6.45, 7) is 4.82. The molecule has 2 aromatic heterocycles. The molecule has 2 fully saturated rings. The Kier molecular flexibility index (Phi) is 14.7. The second-order valence-electron chi connectivity index (χ2n) is 19.2. The molecule has 4 aromatic carbocycles. The number of carbonyl (C=O) groups excluding carboxylic acids is 6. The highest BCUT2D eigenvalue weighted by Gasteiger charge is 2.45. The zero-order chi connectivity index (χ0) is 52.3. The fraction of sp³-hybridized carbons (Fsp3) is 0.339. The minimum Gasteiger partial charge on any atom is -0.493 e. The number of thiazole rings is 1. The van der Waals surface area contributed by atoms with E-state index in [1.807, 2.05) is 72.5 Å². The molecule has 0 saturated carbocycles. The van der Waals surface area contributed by atoms with Gasteiger partial charge in [0.25, 0.3) is 17.7 Å². The van der Waals surface area contributed by atoms with Gasteiger partial charge >= 0.3 is 5.97 Å². The van der Waals surface area contributed by atoms with Crippen LogP contribution in [0.5, 0.6) is 5.75 Å². The summed E-state index contributed by atoms with van der Waals surface area (Å²) in [6.07, 6.45) is 6.38. The van der Waals surface area contributed by atoms with Gasteiger partial charge in [0, 0.05) is 63.2 Å². The number of pyridine rings is 1. The molecule has 0 bridgehead atoms. The van der Waals surface area contributed by atoms with Crippen LogP contribution in [-0.2, 0) is 27.3 Å². The zero-order valence-corrected chi connectivity index (χ0v) is 42.2. The Balaban J connectivity index is 0.658. The summed E-state index contributed by atoms with van der Waals surface area (Å²) in [6, 6.07) is 23.9. The molecule has 6 aromatic rings. The molecule has 4 aliphatic rings. The summed E-state index contributed by atoms with van der Waals surface area (Å²) in [4.78, 5) is 106. The van der Waals surface area contributed by atoms with Crippen LogP contribution in [0.3, 0.4) is 0 Å². The van der Waals surface area contributed by atoms with E-state index < -0.39 is 41.5 Å². The molecule has 0 spiro atoms. The standard InChI is InChI=1S/C56H55FN8O9S/c1-33-35(36-19-21-47(59-50(36)55(72)73)64-24-23-34-12-10-14-37(40(34)32-64)51(68)61-56-58-42-15-7-8-17-46(42)75-56)13-11-16-45(33)74-29-9-5-3-2-4-6-18-49(67)63-27-25-62(26-28-63)44-31-39-38(30-41(44)57)53(70)65(54(39)71)43-20-22-48(66)60-52(43)69/h7-8,10-17,19,21,30-31,43H,2-6,9,18,20,22-29,32H2,1H3,(H,72,73)(H,58,61,68)(H,60,66,69). The lowest BCUT2D eigenvalue weighted by atomic mass is 9.94. The summed E-state index contributed by atoms with van der Waals surface area (Å²) < 4.78 is 22.6. The maximum Gasteiger partial charge on any atom is 0.355 e. The maximum atomic E-state index is 15.4. The van der Waals surface area contributed by atoms with Crippen LogP contribution < -0.4 is 25.2 Å². The highest BCUT2D eigenvalue weighted by molar-refractivity contribution is 7.22. The molecular formula is C56H55FN8O9S. The Morgan fingerprint density at radius 1 is 0.787 bits per heavy atom. The topological polar surface area (TPSA) is 212 Å². The Bertz CT molecular complexity index is 3250. The number of fused-ring (bicyclic) bond motifs is 3. The number of piperazine rings is 1. The number of nitrogens with zero attached hydrogens (tertiary/aromatic N) is 6. The summed E-state index contributed by atoms with van der Waals surface area (Å²) in [7, 11) is 0. The molecule has 386 valence electrons. The number of carboxylic acid groups (broad SMARTS) is 1. The lowest BCUT2D eigenvalue weighted by Gasteiger charge is -2.36. The first-order valence-corrected chi connectivity index (χ1v) is 26.2. The van der Waals surface area contributed by atoms with Crippen molar-refractivity contribution in [2.45, 2.75) is 83.7 Å². The average molecular weight is 1040 g/mol. The van der Waals surface area contributed by atoms with Gasteiger partial charge in [-0.3, -0.25) is 44.3 Å². The molecule has 0 radical (unpaired) electrons. The number of hydrogen-bond donors (Lipinski definition) is 3. The molecule has 17 nitrogen and oxygen atoms in total. The quantitative estimate of drug-likeness (QED) is 0.0582. The van der Waals surface area contributed by atoms with Gasteiger partial charge in [0.2, 0.25) is 17.7 Å². The van der Waals surface area contributed by atoms with Crippen LogP contribution in [-0.4, -0.2) is 112 Å². The number of carboxylic acids is 1. The van der Waals surface area contributed by atoms with Crippen molar-refractivity contribution in [3.8, 4) is 16.9 Å². The SMILES string of the molecule is Cc1c(OCCCCCCCCC(=O)N2CCN(c3cc4c(cc3F)C(=O)N(C3CCC(=O)NC3=O)C4=O)CC2)cccc1-c1ccc(N2CCc3cccc(C(=O)Nc4nc5ccccc5s4)c3C2)nc1C(=O)O. The number of halogens is 1. The van der Waals surface area contributed by atoms with E-state index in [1.165, 1.54) is 17.4 Å². The number of rotatable bonds is 17. The molecule has 19 heteroatoms. The van der Waals surface area contributed by atoms with Gasteiger partial charge in [-0.05, 0) is 103 Å². The van der Waals surface area contributed by atoms with Crippen LogP contribution in [0.4, 0.5) is 21.0 Å². The van der Waals surface area contributed by atoms with E-state index in [4.69, 9.17) is 4.74 Å². The van der Waals surface area contributed by atoms with E-state index in [0.717, 1.165) is 76.4 Å². The van der Waals surface area contributed by atoms with E-state index in [0.29, 0.717) is 92.1 Å². The average Bonchev–Trinajstić information content (AvgIpc) is 3.93. The Morgan fingerprint density at radius 2 is 1.53 bits per heavy atom. The first-order chi connectivity index (χ1) is 36.3. The zero-order valence-electron chi connectivity index (χ0n) is 41.4. The van der Waals surface area contributed by atoms with E-state index in [1.54, 1.807) is 21.9 Å². The number of unbranched alkanes of at least 4 members (excludes halogenated alkanes) is 5. The molecule has 4 aliphatic heterocycles. The Hall–Kier alpha value is -8.06. The molecule has 1 unspecified atom stereocenters. The number of piperidine rings is 1. The predicted octanol–water partition coefficient (Wildman–Crippen LogP) is 8.18. The predicted molar refractivity (Wildman–Crippen MR) is 280 cm³/mol. The molecule has 1 atom stereocenters. The minimum atomic E-state index is -1.15. The van der Waals surface area contributed by atoms with Crippen LogP contribution in [0.1, 0.15) is 116 Å². The molecular weight excluding hydrogens is 980 g/mol. The summed E-state index contributed by atoms with van der Waals surface area (Å²) in [5.74, 6) is -3.56. The van der Waals surface area contributed by atoms with Gasteiger partial charge in [-0.15, -0.1) is 0 Å². The van der Waals surface area contributed by atoms with Crippen molar-refractivity contribution < 1.29 is 47.8 Å². The lowest BCUT2D eigenvalue weighted by molar-refractivity contribution is -0.136. The number of aromatic nitrogens is 2. The number of para-hydroxylation sites is 1. The minimum absolute atomic E-state index is 0.00538. The van der Waals surface area contributed by atoms with Crippen LogP contribution in [0, 0.1) is 12.7 Å². The third-order valence-corrected chi connectivity index (χ3v) is 15.5. The second kappa shape index (κ2) is 21.8. The maximum absolute atomic E-state index is 15.4. The molecule has 75 heavy (non-hydrogen) atoms. The van der Waals surface area contributed by atoms with E-state index in [-0.39, 0.29) is 47.2 Å². The number of amides is 6. The highest BCUT2D eigenvalue weighted by Crippen LogP contribution is 2.36. The van der Waals surface area contributed by atoms with Gasteiger partial charge in [0.05, 0.1) is 33.6 Å². The highest BCUT2D eigenvalue weighted by atomic mass is 32.1. The van der Waals surface area contributed by atoms with Crippen molar-refractivity contribution in [3.63, 3.8) is 0 Å². The van der Waals surface area contributed by atoms with Gasteiger partial charge in [0.15, 0.2) is 10.8 Å². The first kappa shape index (κ1) is 50.5. The van der Waals surface area contributed by atoms with Crippen LogP contribution in [0.15, 0.2) is 84.9 Å². The number of ether oxygens (including phenoxy) is 1. The summed E-state index contributed by atoms with van der Waals surface area (Å²) in [5, 5.41) is 16.1. The normalized spacial score (nSPS) is 16.5. The van der Waals surface area contributed by atoms with Crippen LogP contribution in [0.25, 0.3) is 21.3 Å². The number of hydrogen-bond acceptors (Lipinski definition) is 13. The fourth-order valence-corrected chi connectivity index (χ4v) is 11.4. The van der Waals surface area contributed by atoms with Gasteiger partial charge in [-0.1, -0.05) is 73.4 Å². The van der Waals surface area contributed by atoms with Gasteiger partial charge < -0.3 is 24.5 Å². The third-order valence-electron chi connectivity index (χ3n) is 14.5. The van der Waals surface area contributed by atoms with Crippen molar-refractivity contribution in [2.75, 3.05) is 54.4 Å². The first-order valence-electron chi connectivity index (χ1n) is 25.4. The van der Waals surface area contributed by atoms with Crippen LogP contribution >= 0.6 is 11.3 Å². The molecule has 6 amide bonds. The van der Waals surface area contributed by atoms with E-state index >= 15 is 4.39 Å². The van der Waals surface area contributed by atoms with E-state index in [9.17, 15) is 38.7 Å².